The van der Waals surface area contributed by atoms with Crippen LogP contribution in [0.15, 0.2) is 53.3 Å². The summed E-state index contributed by atoms with van der Waals surface area (Å²) in [6, 6.07) is 11.7. The summed E-state index contributed by atoms with van der Waals surface area (Å²) < 4.78 is 52.8. The molecule has 0 unspecified atom stereocenters. The smallest absolute Gasteiger partial charge is 0.417 e. The van der Waals surface area contributed by atoms with Crippen molar-refractivity contribution in [3.63, 3.8) is 0 Å². The van der Waals surface area contributed by atoms with E-state index in [1.807, 2.05) is 33.9 Å². The Bertz CT molecular complexity index is 1200. The number of fused-ring (bicyclic) bond motifs is 1. The lowest BCUT2D eigenvalue weighted by atomic mass is 10.0. The van der Waals surface area contributed by atoms with Gasteiger partial charge in [0.1, 0.15) is 5.75 Å². The van der Waals surface area contributed by atoms with E-state index < -0.39 is 25.6 Å². The predicted molar refractivity (Wildman–Crippen MR) is 123 cm³/mol. The van der Waals surface area contributed by atoms with Crippen molar-refractivity contribution in [1.29, 1.82) is 0 Å². The monoisotopic (exact) mass is 461 g/mol. The van der Waals surface area contributed by atoms with Gasteiger partial charge in [0.25, 0.3) is 8.32 Å². The maximum absolute atomic E-state index is 13.8. The van der Waals surface area contributed by atoms with Crippen molar-refractivity contribution >= 4 is 19.2 Å². The van der Waals surface area contributed by atoms with Crippen molar-refractivity contribution in [3.8, 4) is 22.6 Å². The lowest BCUT2D eigenvalue weighted by Gasteiger charge is -2.36. The molecule has 0 fully saturated rings. The minimum atomic E-state index is -4.60. The average molecular weight is 462 g/mol. The first kappa shape index (κ1) is 23.8. The van der Waals surface area contributed by atoms with E-state index in [0.29, 0.717) is 11.3 Å². The first-order valence-corrected chi connectivity index (χ1v) is 13.0. The highest BCUT2D eigenvalue weighted by atomic mass is 28.4. The van der Waals surface area contributed by atoms with Gasteiger partial charge in [-0.15, -0.1) is 0 Å². The minimum absolute atomic E-state index is 0.0360. The molecule has 0 bridgehead atoms. The van der Waals surface area contributed by atoms with Gasteiger partial charge in [-0.25, -0.2) is 4.98 Å². The summed E-state index contributed by atoms with van der Waals surface area (Å²) >= 11 is 0. The van der Waals surface area contributed by atoms with E-state index in [9.17, 15) is 18.0 Å². The zero-order valence-electron chi connectivity index (χ0n) is 18.9. The van der Waals surface area contributed by atoms with Gasteiger partial charge in [-0.05, 0) is 54.0 Å². The van der Waals surface area contributed by atoms with E-state index in [0.717, 1.165) is 6.07 Å². The number of methoxy groups -OCH3 is 1. The Morgan fingerprint density at radius 2 is 1.59 bits per heavy atom. The Morgan fingerprint density at radius 3 is 2.12 bits per heavy atom. The molecule has 2 aromatic carbocycles. The molecule has 0 aliphatic heterocycles. The molecule has 1 heterocycles. The van der Waals surface area contributed by atoms with Gasteiger partial charge < -0.3 is 9.16 Å². The van der Waals surface area contributed by atoms with Crippen LogP contribution in [0.3, 0.4) is 0 Å². The number of aromatic nitrogens is 1. The van der Waals surface area contributed by atoms with Crippen LogP contribution < -0.4 is 14.7 Å². The van der Waals surface area contributed by atoms with Crippen LogP contribution in [0.5, 0.6) is 11.5 Å². The molecule has 170 valence electrons. The van der Waals surface area contributed by atoms with Gasteiger partial charge in [0.15, 0.2) is 5.75 Å². The summed E-state index contributed by atoms with van der Waals surface area (Å²) in [6.45, 7) is 10.00. The number of rotatable bonds is 4. The first-order chi connectivity index (χ1) is 14.7. The van der Waals surface area contributed by atoms with Crippen LogP contribution in [0.4, 0.5) is 13.2 Å². The standard InChI is InChI=1S/C24H26F3NO3Si/c1-23(2,3)32(5,6)31-21-17(15-10-12-16(30-4)13-11-15)14-18-19(24(25,26)27)8-7-9-20(18)28-22(21)29/h7-14H,1-6H3. The summed E-state index contributed by atoms with van der Waals surface area (Å²) in [5, 5.41) is -0.394. The third-order valence-electron chi connectivity index (χ3n) is 5.90. The van der Waals surface area contributed by atoms with E-state index in [1.54, 1.807) is 24.3 Å². The Kier molecular flexibility index (Phi) is 6.12. The van der Waals surface area contributed by atoms with Gasteiger partial charge in [-0.3, -0.25) is 4.79 Å². The number of ether oxygens (including phenoxy) is 1. The van der Waals surface area contributed by atoms with Crippen LogP contribution in [0.25, 0.3) is 22.0 Å². The molecule has 0 spiro atoms. The predicted octanol–water partition coefficient (Wildman–Crippen LogP) is 6.67. The van der Waals surface area contributed by atoms with E-state index >= 15 is 0 Å². The average Bonchev–Trinajstić information content (AvgIpc) is 2.82. The van der Waals surface area contributed by atoms with E-state index in [4.69, 9.17) is 9.16 Å². The van der Waals surface area contributed by atoms with Gasteiger partial charge in [0.05, 0.1) is 18.2 Å². The quantitative estimate of drug-likeness (QED) is 0.407. The topological polar surface area (TPSA) is 48.4 Å². The van der Waals surface area contributed by atoms with Gasteiger partial charge in [0, 0.05) is 10.9 Å². The molecule has 0 aliphatic rings. The zero-order valence-corrected chi connectivity index (χ0v) is 19.9. The van der Waals surface area contributed by atoms with Crippen LogP contribution >= 0.6 is 0 Å². The normalized spacial score (nSPS) is 12.7. The Hall–Kier alpha value is -2.87. The van der Waals surface area contributed by atoms with Crippen molar-refractivity contribution in [3.05, 3.63) is 64.4 Å². The van der Waals surface area contributed by atoms with E-state index in [1.165, 1.54) is 25.3 Å². The third kappa shape index (κ3) is 4.65. The highest BCUT2D eigenvalue weighted by Gasteiger charge is 2.40. The number of benzene rings is 2. The van der Waals surface area contributed by atoms with Gasteiger partial charge in [0.2, 0.25) is 0 Å². The largest absolute Gasteiger partial charge is 0.539 e. The second-order valence-corrected chi connectivity index (χ2v) is 13.9. The van der Waals surface area contributed by atoms with E-state index in [-0.39, 0.29) is 27.3 Å². The molecule has 0 saturated heterocycles. The van der Waals surface area contributed by atoms with Crippen molar-refractivity contribution in [1.82, 2.24) is 4.98 Å². The lowest BCUT2D eigenvalue weighted by Crippen LogP contribution is -2.45. The second kappa shape index (κ2) is 8.24. The molecule has 0 saturated carbocycles. The summed E-state index contributed by atoms with van der Waals surface area (Å²) in [7, 11) is -0.988. The van der Waals surface area contributed by atoms with Gasteiger partial charge in [-0.1, -0.05) is 39.0 Å². The fraction of sp³-hybridized carbons (Fsp3) is 0.333. The molecule has 0 radical (unpaired) electrons. The maximum Gasteiger partial charge on any atom is 0.417 e. The third-order valence-corrected chi connectivity index (χ3v) is 10.2. The highest BCUT2D eigenvalue weighted by molar-refractivity contribution is 6.74. The van der Waals surface area contributed by atoms with Crippen molar-refractivity contribution in [2.75, 3.05) is 7.11 Å². The SMILES string of the molecule is COc1ccc(-c2cc3c(C(F)(F)F)cccc3nc(=O)c2O[Si](C)(C)C(C)(C)C)cc1. The maximum atomic E-state index is 13.8. The molecule has 0 amide bonds. The molecule has 1 aromatic heterocycles. The fourth-order valence-corrected chi connectivity index (χ4v) is 4.04. The molecule has 3 aromatic rings. The molecule has 32 heavy (non-hydrogen) atoms. The number of alkyl halides is 3. The lowest BCUT2D eigenvalue weighted by molar-refractivity contribution is -0.136. The zero-order chi connectivity index (χ0) is 23.9. The van der Waals surface area contributed by atoms with Crippen LogP contribution in [0, 0.1) is 0 Å². The number of hydrogen-bond donors (Lipinski definition) is 0. The molecule has 0 atom stereocenters. The molecule has 4 nitrogen and oxygen atoms in total. The number of nitrogens with zero attached hydrogens (tertiary/aromatic N) is 1. The Balaban J connectivity index is 2.42. The highest BCUT2D eigenvalue weighted by Crippen LogP contribution is 2.41. The van der Waals surface area contributed by atoms with E-state index in [2.05, 4.69) is 4.98 Å². The Labute approximate surface area is 186 Å². The number of hydrogen-bond acceptors (Lipinski definition) is 4. The summed E-state index contributed by atoms with van der Waals surface area (Å²) in [5.74, 6) is 0.549. The molecule has 8 heteroatoms. The molecule has 0 aliphatic carbocycles. The molecule has 0 N–H and O–H groups in total. The van der Waals surface area contributed by atoms with Gasteiger partial charge in [-0.2, -0.15) is 13.2 Å². The molecular weight excluding hydrogens is 435 g/mol. The van der Waals surface area contributed by atoms with Crippen molar-refractivity contribution in [2.24, 2.45) is 0 Å². The van der Waals surface area contributed by atoms with Crippen LogP contribution in [0.2, 0.25) is 18.1 Å². The fourth-order valence-electron chi connectivity index (χ4n) is 3.03. The number of halogens is 3. The first-order valence-electron chi connectivity index (χ1n) is 10.1. The second-order valence-electron chi connectivity index (χ2n) is 9.13. The minimum Gasteiger partial charge on any atom is -0.539 e. The summed E-state index contributed by atoms with van der Waals surface area (Å²) in [6.07, 6.45) is -4.60. The Morgan fingerprint density at radius 1 is 0.969 bits per heavy atom. The van der Waals surface area contributed by atoms with Gasteiger partial charge >= 0.3 is 11.7 Å². The van der Waals surface area contributed by atoms with Crippen molar-refractivity contribution in [2.45, 2.75) is 45.1 Å². The van der Waals surface area contributed by atoms with Crippen LogP contribution in [0.1, 0.15) is 26.3 Å². The molecular formula is C24H26F3NO3Si. The van der Waals surface area contributed by atoms with Crippen LogP contribution in [-0.4, -0.2) is 20.4 Å². The van der Waals surface area contributed by atoms with Crippen LogP contribution in [-0.2, 0) is 6.18 Å². The summed E-state index contributed by atoms with van der Waals surface area (Å²) in [4.78, 5) is 17.2. The summed E-state index contributed by atoms with van der Waals surface area (Å²) in [5.41, 5.74) is -0.791. The molecule has 3 rings (SSSR count). The van der Waals surface area contributed by atoms with Crippen molar-refractivity contribution < 1.29 is 22.3 Å².